The molecule has 0 aliphatic carbocycles. The summed E-state index contributed by atoms with van der Waals surface area (Å²) in [6.45, 7) is 4.40. The molecule has 0 aliphatic heterocycles. The Hall–Kier alpha value is -1.00. The molecule has 0 unspecified atom stereocenters. The fourth-order valence-corrected chi connectivity index (χ4v) is 2.72. The van der Waals surface area contributed by atoms with Gasteiger partial charge in [0.1, 0.15) is 10.5 Å². The molecule has 0 saturated carbocycles. The highest BCUT2D eigenvalue weighted by atomic mass is 79.9. The smallest absolute Gasteiger partial charge is 0.144 e. The van der Waals surface area contributed by atoms with E-state index in [1.54, 1.807) is 0 Å². The minimum absolute atomic E-state index is 0.585. The zero-order valence-electron chi connectivity index (χ0n) is 11.8. The maximum Gasteiger partial charge on any atom is 0.144 e. The Morgan fingerprint density at radius 1 is 1.20 bits per heavy atom. The van der Waals surface area contributed by atoms with Crippen LogP contribution in [0.25, 0.3) is 0 Å². The molecule has 0 bridgehead atoms. The number of benzene rings is 1. The number of H-pyrrole nitrogens is 1. The molecule has 1 N–H and O–H groups in total. The minimum Gasteiger partial charge on any atom is -0.346 e. The Morgan fingerprint density at radius 2 is 1.90 bits per heavy atom. The minimum atomic E-state index is 0.585. The van der Waals surface area contributed by atoms with E-state index < -0.39 is 0 Å². The number of hydrogen-bond acceptors (Lipinski definition) is 2. The molecule has 1 heterocycles. The van der Waals surface area contributed by atoms with Gasteiger partial charge in [0.15, 0.2) is 0 Å². The van der Waals surface area contributed by atoms with Crippen molar-refractivity contribution in [3.05, 3.63) is 56.5 Å². The van der Waals surface area contributed by atoms with Crippen molar-refractivity contribution in [2.75, 3.05) is 0 Å². The molecule has 0 amide bonds. The first kappa shape index (κ1) is 15.4. The first-order valence-electron chi connectivity index (χ1n) is 6.87. The lowest BCUT2D eigenvalue weighted by molar-refractivity contribution is 0.626. The molecule has 106 valence electrons. The molecular formula is C16H19BrN2S. The topological polar surface area (TPSA) is 28.7 Å². The summed E-state index contributed by atoms with van der Waals surface area (Å²) in [4.78, 5) is 7.90. The monoisotopic (exact) mass is 350 g/mol. The van der Waals surface area contributed by atoms with Gasteiger partial charge >= 0.3 is 0 Å². The number of hydrogen-bond donors (Lipinski definition) is 1. The van der Waals surface area contributed by atoms with Gasteiger partial charge in [-0.1, -0.05) is 56.4 Å². The molecule has 1 aromatic heterocycles. The molecule has 0 saturated heterocycles. The van der Waals surface area contributed by atoms with Gasteiger partial charge in [0.05, 0.1) is 4.47 Å². The third-order valence-electron chi connectivity index (χ3n) is 3.09. The second kappa shape index (κ2) is 7.14. The van der Waals surface area contributed by atoms with Gasteiger partial charge in [0.2, 0.25) is 0 Å². The highest BCUT2D eigenvalue weighted by molar-refractivity contribution is 9.10. The highest BCUT2D eigenvalue weighted by Gasteiger charge is 2.08. The van der Waals surface area contributed by atoms with Crippen molar-refractivity contribution >= 4 is 28.1 Å². The number of nitrogens with one attached hydrogen (secondary N) is 1. The number of aryl methyl sites for hydroxylation is 2. The van der Waals surface area contributed by atoms with Crippen LogP contribution in [0.2, 0.25) is 0 Å². The van der Waals surface area contributed by atoms with Crippen LogP contribution in [0, 0.1) is 10.6 Å². The van der Waals surface area contributed by atoms with Crippen molar-refractivity contribution in [2.45, 2.75) is 33.1 Å². The fraction of sp³-hybridized carbons (Fsp3) is 0.375. The SMILES string of the molecule is CC(C)Cc1[nH]c(CCc2ccccc2)nc(=S)c1Br. The maximum atomic E-state index is 5.33. The summed E-state index contributed by atoms with van der Waals surface area (Å²) in [5, 5.41) is 0. The van der Waals surface area contributed by atoms with Gasteiger partial charge in [-0.25, -0.2) is 4.98 Å². The van der Waals surface area contributed by atoms with Crippen LogP contribution < -0.4 is 0 Å². The van der Waals surface area contributed by atoms with Crippen LogP contribution in [-0.2, 0) is 19.3 Å². The second-order valence-corrected chi connectivity index (χ2v) is 6.54. The standard InChI is InChI=1S/C16H19BrN2S/c1-11(2)10-13-15(17)16(20)19-14(18-13)9-8-12-6-4-3-5-7-12/h3-7,11H,8-10H2,1-2H3,(H,18,19,20). The maximum absolute atomic E-state index is 5.33. The Labute approximate surface area is 133 Å². The Morgan fingerprint density at radius 3 is 2.55 bits per heavy atom. The lowest BCUT2D eigenvalue weighted by atomic mass is 10.1. The quantitative estimate of drug-likeness (QED) is 0.778. The molecule has 2 nitrogen and oxygen atoms in total. The van der Waals surface area contributed by atoms with Gasteiger partial charge in [-0.2, -0.15) is 0 Å². The van der Waals surface area contributed by atoms with E-state index in [1.165, 1.54) is 5.56 Å². The number of aromatic nitrogens is 2. The van der Waals surface area contributed by atoms with Gasteiger partial charge in [-0.15, -0.1) is 0 Å². The predicted octanol–water partition coefficient (Wildman–Crippen LogP) is 4.89. The molecule has 20 heavy (non-hydrogen) atoms. The molecule has 2 rings (SSSR count). The molecule has 4 heteroatoms. The van der Waals surface area contributed by atoms with Crippen LogP contribution in [0.1, 0.15) is 30.9 Å². The molecule has 0 atom stereocenters. The van der Waals surface area contributed by atoms with Crippen LogP contribution >= 0.6 is 28.1 Å². The summed E-state index contributed by atoms with van der Waals surface area (Å²) in [6.07, 6.45) is 2.83. The molecule has 1 aromatic carbocycles. The Balaban J connectivity index is 2.16. The fourth-order valence-electron chi connectivity index (χ4n) is 2.13. The number of nitrogens with zero attached hydrogens (tertiary/aromatic N) is 1. The summed E-state index contributed by atoms with van der Waals surface area (Å²) in [7, 11) is 0. The summed E-state index contributed by atoms with van der Waals surface area (Å²) >= 11 is 8.87. The van der Waals surface area contributed by atoms with Gasteiger partial charge in [0.25, 0.3) is 0 Å². The normalized spacial score (nSPS) is 11.0. The largest absolute Gasteiger partial charge is 0.346 e. The Kier molecular flexibility index (Phi) is 5.49. The first-order valence-corrected chi connectivity index (χ1v) is 8.08. The Bertz CT molecular complexity index is 620. The van der Waals surface area contributed by atoms with Gasteiger partial charge in [-0.05, 0) is 40.3 Å². The van der Waals surface area contributed by atoms with E-state index in [0.29, 0.717) is 10.6 Å². The van der Waals surface area contributed by atoms with E-state index in [0.717, 1.165) is 35.3 Å². The van der Waals surface area contributed by atoms with E-state index in [4.69, 9.17) is 12.2 Å². The highest BCUT2D eigenvalue weighted by Crippen LogP contribution is 2.19. The van der Waals surface area contributed by atoms with Crippen molar-refractivity contribution in [2.24, 2.45) is 5.92 Å². The van der Waals surface area contributed by atoms with Crippen molar-refractivity contribution in [1.29, 1.82) is 0 Å². The molecule has 0 fully saturated rings. The van der Waals surface area contributed by atoms with Crippen LogP contribution in [0.15, 0.2) is 34.8 Å². The van der Waals surface area contributed by atoms with E-state index in [9.17, 15) is 0 Å². The van der Waals surface area contributed by atoms with Crippen LogP contribution in [0.5, 0.6) is 0 Å². The predicted molar refractivity (Wildman–Crippen MR) is 89.5 cm³/mol. The van der Waals surface area contributed by atoms with Crippen LogP contribution in [-0.4, -0.2) is 9.97 Å². The van der Waals surface area contributed by atoms with E-state index in [2.05, 4.69) is 64.0 Å². The number of rotatable bonds is 5. The van der Waals surface area contributed by atoms with Gasteiger partial charge < -0.3 is 4.98 Å². The van der Waals surface area contributed by atoms with Gasteiger partial charge in [-0.3, -0.25) is 0 Å². The van der Waals surface area contributed by atoms with Crippen molar-refractivity contribution in [3.8, 4) is 0 Å². The van der Waals surface area contributed by atoms with E-state index in [1.807, 2.05) is 6.07 Å². The summed E-state index contributed by atoms with van der Waals surface area (Å²) in [6, 6.07) is 10.5. The van der Waals surface area contributed by atoms with Crippen LogP contribution in [0.4, 0.5) is 0 Å². The van der Waals surface area contributed by atoms with Crippen LogP contribution in [0.3, 0.4) is 0 Å². The lowest BCUT2D eigenvalue weighted by Gasteiger charge is -2.10. The summed E-state index contributed by atoms with van der Waals surface area (Å²) < 4.78 is 1.59. The molecule has 0 aliphatic rings. The van der Waals surface area contributed by atoms with E-state index in [-0.39, 0.29) is 0 Å². The number of halogens is 1. The number of aromatic amines is 1. The first-order chi connectivity index (χ1) is 9.56. The van der Waals surface area contributed by atoms with Crippen molar-refractivity contribution in [1.82, 2.24) is 9.97 Å². The van der Waals surface area contributed by atoms with Crippen molar-refractivity contribution in [3.63, 3.8) is 0 Å². The summed E-state index contributed by atoms with van der Waals surface area (Å²) in [5.74, 6) is 1.55. The lowest BCUT2D eigenvalue weighted by Crippen LogP contribution is -2.06. The molecule has 0 radical (unpaired) electrons. The zero-order chi connectivity index (χ0) is 14.5. The third-order valence-corrected chi connectivity index (χ3v) is 4.50. The second-order valence-electron chi connectivity index (χ2n) is 5.36. The molecular weight excluding hydrogens is 332 g/mol. The molecule has 2 aromatic rings. The third kappa shape index (κ3) is 4.25. The zero-order valence-corrected chi connectivity index (χ0v) is 14.2. The molecule has 0 spiro atoms. The average Bonchev–Trinajstić information content (AvgIpc) is 2.42. The average molecular weight is 351 g/mol. The van der Waals surface area contributed by atoms with Crippen molar-refractivity contribution < 1.29 is 0 Å². The summed E-state index contributed by atoms with van der Waals surface area (Å²) in [5.41, 5.74) is 2.48. The van der Waals surface area contributed by atoms with Gasteiger partial charge in [0, 0.05) is 12.1 Å². The van der Waals surface area contributed by atoms with E-state index >= 15 is 0 Å².